The molecule has 7 aromatic carbocycles. The molecule has 1 heterocycles. The number of hydrogen-bond acceptors (Lipinski definition) is 4. The summed E-state index contributed by atoms with van der Waals surface area (Å²) in [4.78, 5) is 10.6. The van der Waals surface area contributed by atoms with Crippen LogP contribution < -0.4 is 5.32 Å². The Kier molecular flexibility index (Phi) is 8.51. The van der Waals surface area contributed by atoms with Crippen molar-refractivity contribution in [3.8, 4) is 17.2 Å². The van der Waals surface area contributed by atoms with Crippen LogP contribution in [0.4, 0.5) is 0 Å². The molecule has 1 aliphatic heterocycles. The molecule has 0 spiro atoms. The van der Waals surface area contributed by atoms with Crippen molar-refractivity contribution in [1.82, 2.24) is 5.32 Å². The number of aliphatic imine (C=N–C) groups is 2. The third kappa shape index (κ3) is 5.65. The summed E-state index contributed by atoms with van der Waals surface area (Å²) >= 11 is 0. The summed E-state index contributed by atoms with van der Waals surface area (Å²) in [6, 6.07) is 65.5. The van der Waals surface area contributed by atoms with Gasteiger partial charge in [-0.3, -0.25) is 0 Å². The summed E-state index contributed by atoms with van der Waals surface area (Å²) in [5.74, 6) is 2.02. The van der Waals surface area contributed by atoms with Crippen molar-refractivity contribution in [2.45, 2.75) is 43.7 Å². The predicted molar refractivity (Wildman–Crippen MR) is 248 cm³/mol. The van der Waals surface area contributed by atoms with Crippen molar-refractivity contribution in [2.75, 3.05) is 0 Å². The SMILES string of the molecule is CC1C2=C(C=CC1c1ccc3c(c1)C(c1ccccc1)(c1ccccc1)c1cc(C4N=C(c5ccccc5)NC(c5ccccc5)=N4)ccc1-3)c1ccc(C#N)cc1C2(C)C. The maximum atomic E-state index is 9.79. The van der Waals surface area contributed by atoms with Gasteiger partial charge in [-0.25, -0.2) is 9.98 Å². The van der Waals surface area contributed by atoms with E-state index in [9.17, 15) is 5.26 Å². The van der Waals surface area contributed by atoms with Crippen LogP contribution in [0.2, 0.25) is 0 Å². The monoisotopic (exact) mass is 784 g/mol. The normalized spacial score (nSPS) is 19.1. The Hall–Kier alpha value is -7.35. The highest BCUT2D eigenvalue weighted by atomic mass is 15.2. The summed E-state index contributed by atoms with van der Waals surface area (Å²) in [7, 11) is 0. The Morgan fingerprint density at radius 3 is 1.62 bits per heavy atom. The Bertz CT molecular complexity index is 2940. The molecular weight excluding hydrogens is 741 g/mol. The average Bonchev–Trinajstić information content (AvgIpc) is 3.74. The molecule has 0 saturated carbocycles. The van der Waals surface area contributed by atoms with Crippen LogP contribution in [0.25, 0.3) is 16.7 Å². The molecule has 0 amide bonds. The highest BCUT2D eigenvalue weighted by Crippen LogP contribution is 2.59. The van der Waals surface area contributed by atoms with Crippen LogP contribution in [0.15, 0.2) is 204 Å². The van der Waals surface area contributed by atoms with Gasteiger partial charge in [-0.2, -0.15) is 5.26 Å². The zero-order valence-electron chi connectivity index (χ0n) is 34.5. The lowest BCUT2D eigenvalue weighted by Gasteiger charge is -2.37. The lowest BCUT2D eigenvalue weighted by Crippen LogP contribution is -2.36. The minimum Gasteiger partial charge on any atom is -0.324 e. The molecule has 2 unspecified atom stereocenters. The van der Waals surface area contributed by atoms with E-state index in [2.05, 4.69) is 202 Å². The summed E-state index contributed by atoms with van der Waals surface area (Å²) in [5, 5.41) is 13.4. The number of allylic oxidation sites excluding steroid dienone is 4. The smallest absolute Gasteiger partial charge is 0.169 e. The summed E-state index contributed by atoms with van der Waals surface area (Å²) in [6.45, 7) is 7.06. The van der Waals surface area contributed by atoms with Crippen LogP contribution in [0, 0.1) is 17.2 Å². The van der Waals surface area contributed by atoms with Gasteiger partial charge in [0.05, 0.1) is 17.0 Å². The molecule has 61 heavy (non-hydrogen) atoms. The second-order valence-electron chi connectivity index (χ2n) is 17.3. The van der Waals surface area contributed by atoms with Gasteiger partial charge in [-0.1, -0.05) is 191 Å². The standard InChI is InChI=1S/C57H44N4/c1-36-44(30-31-48-47-27-24-37(35-58)32-49(47)56(2,3)52(36)48)40-25-28-45-46-29-26-41(55-60-53(38-16-8-4-9-17-38)59-54(61-55)39-18-10-5-11-19-39)34-51(46)57(50(45)33-40,42-20-12-6-13-21-42)43-22-14-7-15-23-43/h4-34,36,44,55H,1-3H3,(H,59,60,61). The van der Waals surface area contributed by atoms with Gasteiger partial charge in [-0.15, -0.1) is 0 Å². The number of rotatable bonds is 6. The Morgan fingerprint density at radius 1 is 0.557 bits per heavy atom. The van der Waals surface area contributed by atoms with Gasteiger partial charge in [-0.05, 0) is 90.9 Å². The molecule has 4 nitrogen and oxygen atoms in total. The van der Waals surface area contributed by atoms with Crippen molar-refractivity contribution in [3.63, 3.8) is 0 Å². The van der Waals surface area contributed by atoms with Gasteiger partial charge >= 0.3 is 0 Å². The maximum Gasteiger partial charge on any atom is 0.169 e. The highest BCUT2D eigenvalue weighted by Gasteiger charge is 2.48. The van der Waals surface area contributed by atoms with E-state index in [1.807, 2.05) is 18.2 Å². The Balaban J connectivity index is 1.08. The van der Waals surface area contributed by atoms with E-state index in [0.717, 1.165) is 28.4 Å². The number of benzene rings is 7. The molecule has 0 saturated heterocycles. The quantitative estimate of drug-likeness (QED) is 0.183. The molecule has 11 rings (SSSR count). The first-order chi connectivity index (χ1) is 29.9. The molecule has 1 N–H and O–H groups in total. The number of nitrogens with zero attached hydrogens (tertiary/aromatic N) is 3. The zero-order valence-corrected chi connectivity index (χ0v) is 34.5. The number of nitrogens with one attached hydrogen (secondary N) is 1. The summed E-state index contributed by atoms with van der Waals surface area (Å²) in [6.07, 6.45) is 4.31. The fourth-order valence-electron chi connectivity index (χ4n) is 10.9. The minimum atomic E-state index is -0.604. The first kappa shape index (κ1) is 36.7. The first-order valence-electron chi connectivity index (χ1n) is 21.3. The molecule has 0 fully saturated rings. The number of amidine groups is 2. The molecular formula is C57H44N4. The van der Waals surface area contributed by atoms with Crippen molar-refractivity contribution in [1.29, 1.82) is 5.26 Å². The topological polar surface area (TPSA) is 60.5 Å². The third-order valence-electron chi connectivity index (χ3n) is 13.7. The van der Waals surface area contributed by atoms with E-state index in [1.165, 1.54) is 61.2 Å². The predicted octanol–water partition coefficient (Wildman–Crippen LogP) is 12.5. The Morgan fingerprint density at radius 2 is 1.07 bits per heavy atom. The van der Waals surface area contributed by atoms with E-state index in [0.29, 0.717) is 5.56 Å². The van der Waals surface area contributed by atoms with Gasteiger partial charge in [0.1, 0.15) is 11.7 Å². The molecule has 4 heteroatoms. The van der Waals surface area contributed by atoms with Crippen molar-refractivity contribution >= 4 is 17.2 Å². The molecule has 0 aromatic heterocycles. The number of nitriles is 1. The van der Waals surface area contributed by atoms with Crippen LogP contribution >= 0.6 is 0 Å². The molecule has 3 aliphatic carbocycles. The van der Waals surface area contributed by atoms with Crippen LogP contribution in [0.1, 0.15) is 94.1 Å². The summed E-state index contributed by atoms with van der Waals surface area (Å²) < 4.78 is 0. The fourth-order valence-corrected chi connectivity index (χ4v) is 10.9. The molecule has 292 valence electrons. The van der Waals surface area contributed by atoms with Gasteiger partial charge in [0.25, 0.3) is 0 Å². The minimum absolute atomic E-state index is 0.169. The van der Waals surface area contributed by atoms with Gasteiger partial charge in [0.2, 0.25) is 0 Å². The molecule has 2 atom stereocenters. The van der Waals surface area contributed by atoms with Crippen LogP contribution in [0.3, 0.4) is 0 Å². The van der Waals surface area contributed by atoms with Crippen LogP contribution in [-0.4, -0.2) is 11.7 Å². The Labute approximate surface area is 358 Å². The van der Waals surface area contributed by atoms with Crippen LogP contribution in [-0.2, 0) is 10.8 Å². The van der Waals surface area contributed by atoms with Crippen molar-refractivity contribution < 1.29 is 0 Å². The second-order valence-corrected chi connectivity index (χ2v) is 17.3. The zero-order chi connectivity index (χ0) is 41.3. The van der Waals surface area contributed by atoms with Crippen LogP contribution in [0.5, 0.6) is 0 Å². The lowest BCUT2D eigenvalue weighted by molar-refractivity contribution is 0.495. The molecule has 4 aliphatic rings. The van der Waals surface area contributed by atoms with E-state index in [1.54, 1.807) is 0 Å². The van der Waals surface area contributed by atoms with Gasteiger partial charge in [0, 0.05) is 22.5 Å². The molecule has 0 bridgehead atoms. The fraction of sp³-hybridized carbons (Fsp3) is 0.140. The summed E-state index contributed by atoms with van der Waals surface area (Å²) in [5.41, 5.74) is 17.0. The van der Waals surface area contributed by atoms with E-state index in [-0.39, 0.29) is 17.3 Å². The van der Waals surface area contributed by atoms with Crippen molar-refractivity contribution in [2.24, 2.45) is 15.9 Å². The molecule has 0 radical (unpaired) electrons. The highest BCUT2D eigenvalue weighted by molar-refractivity contribution is 6.15. The first-order valence-corrected chi connectivity index (χ1v) is 21.3. The third-order valence-corrected chi connectivity index (χ3v) is 13.7. The van der Waals surface area contributed by atoms with Crippen molar-refractivity contribution in [3.05, 3.63) is 255 Å². The van der Waals surface area contributed by atoms with Gasteiger partial charge in [0.15, 0.2) is 6.17 Å². The largest absolute Gasteiger partial charge is 0.324 e. The maximum absolute atomic E-state index is 9.79. The number of hydrogen-bond donors (Lipinski definition) is 1. The van der Waals surface area contributed by atoms with Gasteiger partial charge < -0.3 is 5.32 Å². The molecule has 7 aromatic rings. The van der Waals surface area contributed by atoms with E-state index < -0.39 is 11.6 Å². The second kappa shape index (κ2) is 14.1. The average molecular weight is 785 g/mol. The van der Waals surface area contributed by atoms with E-state index >= 15 is 0 Å². The van der Waals surface area contributed by atoms with E-state index in [4.69, 9.17) is 9.98 Å². The number of fused-ring (bicyclic) bond motifs is 5. The lowest BCUT2D eigenvalue weighted by atomic mass is 9.66.